The molecule has 0 radical (unpaired) electrons. The first kappa shape index (κ1) is 14.2. The molecule has 1 amide bonds. The molecule has 1 atom stereocenters. The molecule has 1 aliphatic heterocycles. The molecule has 0 spiro atoms. The van der Waals surface area contributed by atoms with Gasteiger partial charge < -0.3 is 10.1 Å². The molecule has 1 N–H and O–H groups in total. The molecule has 0 aromatic heterocycles. The summed E-state index contributed by atoms with van der Waals surface area (Å²) in [6, 6.07) is 6.16. The summed E-state index contributed by atoms with van der Waals surface area (Å²) in [6.07, 6.45) is 0.0341. The lowest BCUT2D eigenvalue weighted by Gasteiger charge is -2.26. The number of benzene rings is 1. The second-order valence-corrected chi connectivity index (χ2v) is 4.59. The van der Waals surface area contributed by atoms with E-state index in [2.05, 4.69) is 5.32 Å². The van der Waals surface area contributed by atoms with E-state index in [0.717, 1.165) is 0 Å². The van der Waals surface area contributed by atoms with Gasteiger partial charge in [-0.05, 0) is 25.5 Å². The van der Waals surface area contributed by atoms with E-state index in [-0.39, 0.29) is 18.9 Å². The highest BCUT2D eigenvalue weighted by Crippen LogP contribution is 2.34. The lowest BCUT2D eigenvalue weighted by atomic mass is 9.84. The van der Waals surface area contributed by atoms with Gasteiger partial charge >= 0.3 is 5.97 Å². The molecule has 20 heavy (non-hydrogen) atoms. The molecule has 106 valence electrons. The third kappa shape index (κ3) is 2.71. The summed E-state index contributed by atoms with van der Waals surface area (Å²) in [6.45, 7) is 3.55. The fraction of sp³-hybridized carbons (Fsp3) is 0.333. The van der Waals surface area contributed by atoms with Crippen LogP contribution in [-0.2, 0) is 14.3 Å². The summed E-state index contributed by atoms with van der Waals surface area (Å²) in [7, 11) is 0. The number of nitrogens with one attached hydrogen (secondary N) is 1. The first-order chi connectivity index (χ1) is 9.54. The van der Waals surface area contributed by atoms with Crippen LogP contribution in [-0.4, -0.2) is 18.5 Å². The lowest BCUT2D eigenvalue weighted by Crippen LogP contribution is -2.34. The standard InChI is InChI=1S/C15H16FNO3/c1-3-20-15(19)14-9(2)17-13(18)8-11(14)10-6-4-5-7-12(10)16/h4-7,11H,3,8H2,1-2H3,(H,17,18). The molecule has 1 aromatic carbocycles. The van der Waals surface area contributed by atoms with E-state index < -0.39 is 17.7 Å². The first-order valence-corrected chi connectivity index (χ1v) is 6.46. The Labute approximate surface area is 116 Å². The number of amides is 1. The molecule has 1 aliphatic rings. The zero-order valence-electron chi connectivity index (χ0n) is 11.4. The summed E-state index contributed by atoms with van der Waals surface area (Å²) >= 11 is 0. The molecule has 2 rings (SSSR count). The van der Waals surface area contributed by atoms with Crippen molar-refractivity contribution in [1.29, 1.82) is 0 Å². The summed E-state index contributed by atoms with van der Waals surface area (Å²) in [5.41, 5.74) is 1.08. The number of hydrogen-bond acceptors (Lipinski definition) is 3. The molecule has 5 heteroatoms. The molecule has 4 nitrogen and oxygen atoms in total. The molecular weight excluding hydrogens is 261 g/mol. The Morgan fingerprint density at radius 2 is 2.15 bits per heavy atom. The third-order valence-electron chi connectivity index (χ3n) is 3.24. The number of ether oxygens (including phenoxy) is 1. The van der Waals surface area contributed by atoms with Gasteiger partial charge in [-0.15, -0.1) is 0 Å². The van der Waals surface area contributed by atoms with Crippen LogP contribution >= 0.6 is 0 Å². The van der Waals surface area contributed by atoms with Crippen LogP contribution in [0.2, 0.25) is 0 Å². The molecule has 1 aromatic rings. The highest BCUT2D eigenvalue weighted by molar-refractivity contribution is 5.95. The van der Waals surface area contributed by atoms with Crippen LogP contribution in [0.5, 0.6) is 0 Å². The molecule has 0 fully saturated rings. The van der Waals surface area contributed by atoms with Crippen molar-refractivity contribution in [2.24, 2.45) is 0 Å². The Morgan fingerprint density at radius 3 is 2.80 bits per heavy atom. The number of hydrogen-bond donors (Lipinski definition) is 1. The van der Waals surface area contributed by atoms with Crippen LogP contribution in [0.25, 0.3) is 0 Å². The lowest BCUT2D eigenvalue weighted by molar-refractivity contribution is -0.139. The number of carbonyl (C=O) groups is 2. The van der Waals surface area contributed by atoms with Crippen molar-refractivity contribution < 1.29 is 18.7 Å². The molecule has 0 aliphatic carbocycles. The van der Waals surface area contributed by atoms with E-state index in [4.69, 9.17) is 4.74 Å². The van der Waals surface area contributed by atoms with Crippen molar-refractivity contribution in [3.8, 4) is 0 Å². The van der Waals surface area contributed by atoms with Crippen LogP contribution in [0.3, 0.4) is 0 Å². The molecule has 1 heterocycles. The maximum Gasteiger partial charge on any atom is 0.336 e. The number of carbonyl (C=O) groups excluding carboxylic acids is 2. The zero-order chi connectivity index (χ0) is 14.7. The van der Waals surface area contributed by atoms with Gasteiger partial charge in [0.1, 0.15) is 5.82 Å². The van der Waals surface area contributed by atoms with Gasteiger partial charge in [0.05, 0.1) is 12.2 Å². The Balaban J connectivity index is 2.48. The third-order valence-corrected chi connectivity index (χ3v) is 3.24. The monoisotopic (exact) mass is 277 g/mol. The number of halogens is 1. The van der Waals surface area contributed by atoms with Crippen molar-refractivity contribution >= 4 is 11.9 Å². The normalized spacial score (nSPS) is 18.8. The van der Waals surface area contributed by atoms with Crippen LogP contribution in [0.1, 0.15) is 31.7 Å². The second-order valence-electron chi connectivity index (χ2n) is 4.59. The van der Waals surface area contributed by atoms with Crippen LogP contribution < -0.4 is 5.32 Å². The molecule has 0 bridgehead atoms. The van der Waals surface area contributed by atoms with Gasteiger partial charge in [0.25, 0.3) is 0 Å². The van der Waals surface area contributed by atoms with Crippen molar-refractivity contribution in [1.82, 2.24) is 5.32 Å². The SMILES string of the molecule is CCOC(=O)C1=C(C)NC(=O)CC1c1ccccc1F. The quantitative estimate of drug-likeness (QED) is 0.862. The van der Waals surface area contributed by atoms with E-state index in [1.54, 1.807) is 32.0 Å². The van der Waals surface area contributed by atoms with E-state index in [0.29, 0.717) is 16.8 Å². The number of allylic oxidation sites excluding steroid dienone is 1. The number of rotatable bonds is 3. The Kier molecular flexibility index (Phi) is 4.17. The van der Waals surface area contributed by atoms with Crippen molar-refractivity contribution in [2.45, 2.75) is 26.2 Å². The Bertz CT molecular complexity index is 580. The van der Waals surface area contributed by atoms with E-state index >= 15 is 0 Å². The van der Waals surface area contributed by atoms with Crippen molar-refractivity contribution in [2.75, 3.05) is 6.61 Å². The average molecular weight is 277 g/mol. The second kappa shape index (κ2) is 5.86. The van der Waals surface area contributed by atoms with Gasteiger partial charge in [-0.3, -0.25) is 4.79 Å². The largest absolute Gasteiger partial charge is 0.463 e. The van der Waals surface area contributed by atoms with Gasteiger partial charge in [-0.1, -0.05) is 18.2 Å². The fourth-order valence-corrected chi connectivity index (χ4v) is 2.40. The predicted molar refractivity (Wildman–Crippen MR) is 71.2 cm³/mol. The minimum Gasteiger partial charge on any atom is -0.463 e. The number of esters is 1. The minimum atomic E-state index is -0.607. The maximum absolute atomic E-state index is 13.9. The van der Waals surface area contributed by atoms with Gasteiger partial charge in [0.2, 0.25) is 5.91 Å². The van der Waals surface area contributed by atoms with Crippen molar-refractivity contribution in [3.63, 3.8) is 0 Å². The van der Waals surface area contributed by atoms with Gasteiger partial charge in [0.15, 0.2) is 0 Å². The maximum atomic E-state index is 13.9. The smallest absolute Gasteiger partial charge is 0.336 e. The topological polar surface area (TPSA) is 55.4 Å². The summed E-state index contributed by atoms with van der Waals surface area (Å²) < 4.78 is 19.0. The highest BCUT2D eigenvalue weighted by Gasteiger charge is 2.33. The molecular formula is C15H16FNO3. The predicted octanol–water partition coefficient (Wildman–Crippen LogP) is 2.27. The summed E-state index contributed by atoms with van der Waals surface area (Å²) in [5.74, 6) is -1.78. The van der Waals surface area contributed by atoms with Gasteiger partial charge in [-0.25, -0.2) is 9.18 Å². The van der Waals surface area contributed by atoms with E-state index in [1.807, 2.05) is 0 Å². The van der Waals surface area contributed by atoms with Gasteiger partial charge in [0, 0.05) is 18.0 Å². The minimum absolute atomic E-state index is 0.0341. The summed E-state index contributed by atoms with van der Waals surface area (Å²) in [4.78, 5) is 23.7. The summed E-state index contributed by atoms with van der Waals surface area (Å²) in [5, 5.41) is 2.61. The van der Waals surface area contributed by atoms with Crippen LogP contribution in [0, 0.1) is 5.82 Å². The highest BCUT2D eigenvalue weighted by atomic mass is 19.1. The van der Waals surface area contributed by atoms with E-state index in [1.165, 1.54) is 6.07 Å². The van der Waals surface area contributed by atoms with E-state index in [9.17, 15) is 14.0 Å². The van der Waals surface area contributed by atoms with Crippen LogP contribution in [0.4, 0.5) is 4.39 Å². The fourth-order valence-electron chi connectivity index (χ4n) is 2.40. The van der Waals surface area contributed by atoms with Crippen molar-refractivity contribution in [3.05, 3.63) is 46.9 Å². The van der Waals surface area contributed by atoms with Gasteiger partial charge in [-0.2, -0.15) is 0 Å². The Morgan fingerprint density at radius 1 is 1.45 bits per heavy atom. The average Bonchev–Trinajstić information content (AvgIpc) is 2.38. The Hall–Kier alpha value is -2.17. The first-order valence-electron chi connectivity index (χ1n) is 6.46. The molecule has 0 saturated carbocycles. The van der Waals surface area contributed by atoms with Crippen LogP contribution in [0.15, 0.2) is 35.5 Å². The molecule has 0 saturated heterocycles. The zero-order valence-corrected chi connectivity index (χ0v) is 11.4. The molecule has 1 unspecified atom stereocenters.